The third-order valence-corrected chi connectivity index (χ3v) is 1.95. The highest BCUT2D eigenvalue weighted by molar-refractivity contribution is 5.89. The molecular weight excluding hydrogens is 198 g/mol. The minimum absolute atomic E-state index is 0.0238. The zero-order valence-electron chi connectivity index (χ0n) is 9.49. The Labute approximate surface area is 89.4 Å². The van der Waals surface area contributed by atoms with Crippen LogP contribution in [0.25, 0.3) is 0 Å². The molecule has 1 N–H and O–H groups in total. The minimum Gasteiger partial charge on any atom is -0.466 e. The number of hydrogen-bond acceptors (Lipinski definition) is 4. The summed E-state index contributed by atoms with van der Waals surface area (Å²) in [5.41, 5.74) is 0.206. The molecule has 15 heavy (non-hydrogen) atoms. The zero-order chi connectivity index (χ0) is 12.0. The van der Waals surface area contributed by atoms with Crippen molar-refractivity contribution in [2.24, 2.45) is 5.92 Å². The quantitative estimate of drug-likeness (QED) is 0.563. The van der Waals surface area contributed by atoms with Crippen molar-refractivity contribution in [3.05, 3.63) is 12.2 Å². The molecule has 0 heterocycles. The van der Waals surface area contributed by atoms with E-state index in [1.807, 2.05) is 13.8 Å². The molecule has 0 aromatic rings. The minimum atomic E-state index is -0.598. The maximum Gasteiger partial charge on any atom is 0.407 e. The summed E-state index contributed by atoms with van der Waals surface area (Å²) < 4.78 is 8.98. The molecule has 0 radical (unpaired) electrons. The fraction of sp³-hybridized carbons (Fsp3) is 0.600. The summed E-state index contributed by atoms with van der Waals surface area (Å²) in [6.07, 6.45) is -0.598. The molecule has 0 bridgehead atoms. The molecule has 86 valence electrons. The molecule has 0 aliphatic rings. The van der Waals surface area contributed by atoms with Crippen molar-refractivity contribution in [1.82, 2.24) is 5.32 Å². The Balaban J connectivity index is 4.60. The first-order valence-electron chi connectivity index (χ1n) is 4.55. The second kappa shape index (κ2) is 6.06. The van der Waals surface area contributed by atoms with Gasteiger partial charge >= 0.3 is 12.1 Å². The Morgan fingerprint density at radius 1 is 1.20 bits per heavy atom. The Morgan fingerprint density at radius 3 is 2.07 bits per heavy atom. The van der Waals surface area contributed by atoms with Crippen molar-refractivity contribution in [2.75, 3.05) is 14.2 Å². The third kappa shape index (κ3) is 4.01. The average Bonchev–Trinajstić information content (AvgIpc) is 2.22. The molecule has 0 rings (SSSR count). The molecule has 1 amide bonds. The second-order valence-corrected chi connectivity index (χ2v) is 3.37. The van der Waals surface area contributed by atoms with Gasteiger partial charge in [-0.15, -0.1) is 0 Å². The lowest BCUT2D eigenvalue weighted by Gasteiger charge is -2.22. The number of methoxy groups -OCH3 is 2. The Morgan fingerprint density at radius 2 is 1.73 bits per heavy atom. The van der Waals surface area contributed by atoms with Gasteiger partial charge in [0.25, 0.3) is 0 Å². The van der Waals surface area contributed by atoms with Crippen LogP contribution in [0.3, 0.4) is 0 Å². The first-order chi connectivity index (χ1) is 6.93. The lowest BCUT2D eigenvalue weighted by Crippen LogP contribution is -2.41. The summed E-state index contributed by atoms with van der Waals surface area (Å²) >= 11 is 0. The predicted molar refractivity (Wildman–Crippen MR) is 55.3 cm³/mol. The largest absolute Gasteiger partial charge is 0.466 e. The molecule has 0 fully saturated rings. The number of nitrogens with one attached hydrogen (secondary N) is 1. The highest BCUT2D eigenvalue weighted by Gasteiger charge is 2.24. The molecule has 0 aromatic carbocycles. The highest BCUT2D eigenvalue weighted by Crippen LogP contribution is 2.12. The van der Waals surface area contributed by atoms with Crippen molar-refractivity contribution in [2.45, 2.75) is 19.9 Å². The Hall–Kier alpha value is -1.52. The topological polar surface area (TPSA) is 64.6 Å². The van der Waals surface area contributed by atoms with Crippen LogP contribution >= 0.6 is 0 Å². The number of rotatable bonds is 4. The van der Waals surface area contributed by atoms with E-state index in [0.29, 0.717) is 0 Å². The molecule has 1 unspecified atom stereocenters. The lowest BCUT2D eigenvalue weighted by molar-refractivity contribution is -0.136. The van der Waals surface area contributed by atoms with Gasteiger partial charge in [0.2, 0.25) is 0 Å². The molecule has 0 spiro atoms. The second-order valence-electron chi connectivity index (χ2n) is 3.37. The van der Waals surface area contributed by atoms with E-state index < -0.39 is 18.1 Å². The maximum absolute atomic E-state index is 11.2. The van der Waals surface area contributed by atoms with Crippen LogP contribution in [-0.4, -0.2) is 32.3 Å². The summed E-state index contributed by atoms with van der Waals surface area (Å²) in [6, 6.07) is -0.482. The summed E-state index contributed by atoms with van der Waals surface area (Å²) in [6.45, 7) is 7.30. The third-order valence-electron chi connectivity index (χ3n) is 1.95. The van der Waals surface area contributed by atoms with Gasteiger partial charge in [-0.05, 0) is 5.92 Å². The van der Waals surface area contributed by atoms with Crippen molar-refractivity contribution in [3.63, 3.8) is 0 Å². The van der Waals surface area contributed by atoms with Crippen molar-refractivity contribution < 1.29 is 19.1 Å². The number of amides is 1. The van der Waals surface area contributed by atoms with Gasteiger partial charge in [0, 0.05) is 0 Å². The van der Waals surface area contributed by atoms with Crippen LogP contribution in [0.5, 0.6) is 0 Å². The monoisotopic (exact) mass is 215 g/mol. The Bertz CT molecular complexity index is 260. The molecule has 0 aromatic heterocycles. The number of esters is 1. The van der Waals surface area contributed by atoms with E-state index in [1.54, 1.807) is 0 Å². The van der Waals surface area contributed by atoms with E-state index in [2.05, 4.69) is 21.4 Å². The van der Waals surface area contributed by atoms with E-state index in [0.717, 1.165) is 0 Å². The first kappa shape index (κ1) is 13.5. The van der Waals surface area contributed by atoms with Gasteiger partial charge in [-0.2, -0.15) is 0 Å². The van der Waals surface area contributed by atoms with Crippen LogP contribution in [0.4, 0.5) is 4.79 Å². The number of carbonyl (C=O) groups excluding carboxylic acids is 2. The Kier molecular flexibility index (Phi) is 5.44. The van der Waals surface area contributed by atoms with Gasteiger partial charge in [-0.25, -0.2) is 9.59 Å². The van der Waals surface area contributed by atoms with E-state index in [4.69, 9.17) is 0 Å². The normalized spacial score (nSPS) is 11.8. The van der Waals surface area contributed by atoms with E-state index in [-0.39, 0.29) is 11.5 Å². The molecule has 0 aliphatic heterocycles. The SMILES string of the molecule is C=C(C(=O)OC)C(NC(=O)OC)C(C)C. The predicted octanol–water partition coefficient (Wildman–Crippen LogP) is 1.10. The lowest BCUT2D eigenvalue weighted by atomic mass is 9.97. The van der Waals surface area contributed by atoms with E-state index in [1.165, 1.54) is 14.2 Å². The van der Waals surface area contributed by atoms with Crippen molar-refractivity contribution >= 4 is 12.1 Å². The van der Waals surface area contributed by atoms with Crippen molar-refractivity contribution in [3.8, 4) is 0 Å². The number of carbonyl (C=O) groups is 2. The highest BCUT2D eigenvalue weighted by atomic mass is 16.5. The van der Waals surface area contributed by atoms with Crippen molar-refractivity contribution in [1.29, 1.82) is 0 Å². The molecule has 0 saturated heterocycles. The fourth-order valence-corrected chi connectivity index (χ4v) is 1.10. The summed E-state index contributed by atoms with van der Waals surface area (Å²) in [5.74, 6) is -0.513. The van der Waals surface area contributed by atoms with E-state index in [9.17, 15) is 9.59 Å². The molecule has 5 nitrogen and oxygen atoms in total. The first-order valence-corrected chi connectivity index (χ1v) is 4.55. The van der Waals surface area contributed by atoms with Gasteiger partial charge in [0.05, 0.1) is 25.8 Å². The van der Waals surface area contributed by atoms with Gasteiger partial charge in [0.15, 0.2) is 0 Å². The van der Waals surface area contributed by atoms with Gasteiger partial charge in [0.1, 0.15) is 0 Å². The molecular formula is C10H17NO4. The van der Waals surface area contributed by atoms with Crippen LogP contribution in [0.15, 0.2) is 12.2 Å². The van der Waals surface area contributed by atoms with Crippen LogP contribution in [0, 0.1) is 5.92 Å². The maximum atomic E-state index is 11.2. The van der Waals surface area contributed by atoms with Crippen LogP contribution in [0.2, 0.25) is 0 Å². The van der Waals surface area contributed by atoms with Gasteiger partial charge in [-0.3, -0.25) is 0 Å². The number of hydrogen-bond donors (Lipinski definition) is 1. The summed E-state index contributed by atoms with van der Waals surface area (Å²) in [5, 5.41) is 2.52. The summed E-state index contributed by atoms with van der Waals surface area (Å²) in [4.78, 5) is 22.2. The standard InChI is InChI=1S/C10H17NO4/c1-6(2)8(11-10(13)15-5)7(3)9(12)14-4/h6,8H,3H2,1-2,4-5H3,(H,11,13). The average molecular weight is 215 g/mol. The molecule has 5 heteroatoms. The molecule has 0 saturated carbocycles. The smallest absolute Gasteiger partial charge is 0.407 e. The van der Waals surface area contributed by atoms with Crippen LogP contribution in [0.1, 0.15) is 13.8 Å². The number of ether oxygens (including phenoxy) is 2. The number of alkyl carbamates (subject to hydrolysis) is 1. The van der Waals surface area contributed by atoms with Crippen LogP contribution in [-0.2, 0) is 14.3 Å². The molecule has 1 atom stereocenters. The van der Waals surface area contributed by atoms with Gasteiger partial charge in [-0.1, -0.05) is 20.4 Å². The van der Waals surface area contributed by atoms with E-state index >= 15 is 0 Å². The zero-order valence-corrected chi connectivity index (χ0v) is 9.49. The fourth-order valence-electron chi connectivity index (χ4n) is 1.10. The summed E-state index contributed by atoms with van der Waals surface area (Å²) in [7, 11) is 2.52. The molecule has 0 aliphatic carbocycles. The van der Waals surface area contributed by atoms with Gasteiger partial charge < -0.3 is 14.8 Å². The van der Waals surface area contributed by atoms with Crippen LogP contribution < -0.4 is 5.32 Å².